The molecule has 0 bridgehead atoms. The first kappa shape index (κ1) is 17.0. The molecule has 17 heavy (non-hydrogen) atoms. The molecule has 3 unspecified atom stereocenters. The topological polar surface area (TPSA) is 12.0 Å². The molecule has 0 heterocycles. The van der Waals surface area contributed by atoms with E-state index in [1.807, 2.05) is 0 Å². The van der Waals surface area contributed by atoms with Crippen LogP contribution in [-0.4, -0.2) is 12.6 Å². The summed E-state index contributed by atoms with van der Waals surface area (Å²) in [6, 6.07) is 0.689. The van der Waals surface area contributed by atoms with E-state index in [1.54, 1.807) is 0 Å². The Kier molecular flexibility index (Phi) is 11.0. The molecule has 0 aromatic heterocycles. The average Bonchev–Trinajstić information content (AvgIpc) is 2.31. The van der Waals surface area contributed by atoms with E-state index in [9.17, 15) is 0 Å². The van der Waals surface area contributed by atoms with Crippen molar-refractivity contribution in [2.75, 3.05) is 6.54 Å². The smallest absolute Gasteiger partial charge is 0.00412 e. The summed E-state index contributed by atoms with van der Waals surface area (Å²) in [4.78, 5) is 0. The molecule has 0 aliphatic carbocycles. The Morgan fingerprint density at radius 1 is 0.941 bits per heavy atom. The Balaban J connectivity index is 3.76. The lowest BCUT2D eigenvalue weighted by Gasteiger charge is -2.23. The van der Waals surface area contributed by atoms with E-state index in [0.717, 1.165) is 11.8 Å². The number of nitrogens with one attached hydrogen (secondary N) is 1. The van der Waals surface area contributed by atoms with Crippen molar-refractivity contribution < 1.29 is 0 Å². The molecule has 0 aliphatic heterocycles. The zero-order valence-corrected chi connectivity index (χ0v) is 12.9. The van der Waals surface area contributed by atoms with Crippen molar-refractivity contribution >= 4 is 0 Å². The van der Waals surface area contributed by atoms with Crippen molar-refractivity contribution in [3.05, 3.63) is 0 Å². The highest BCUT2D eigenvalue weighted by Gasteiger charge is 2.13. The predicted octanol–water partition coefficient (Wildman–Crippen LogP) is 5.01. The molecule has 0 aliphatic rings. The Hall–Kier alpha value is -0.0400. The molecule has 1 heteroatoms. The fourth-order valence-electron chi connectivity index (χ4n) is 2.72. The van der Waals surface area contributed by atoms with Gasteiger partial charge >= 0.3 is 0 Å². The van der Waals surface area contributed by atoms with E-state index in [1.165, 1.54) is 51.5 Å². The van der Waals surface area contributed by atoms with Gasteiger partial charge in [0.25, 0.3) is 0 Å². The van der Waals surface area contributed by atoms with E-state index < -0.39 is 0 Å². The summed E-state index contributed by atoms with van der Waals surface area (Å²) in [5, 5.41) is 3.60. The minimum Gasteiger partial charge on any atom is -0.314 e. The van der Waals surface area contributed by atoms with Crippen LogP contribution < -0.4 is 5.32 Å². The van der Waals surface area contributed by atoms with Gasteiger partial charge in [0.15, 0.2) is 0 Å². The lowest BCUT2D eigenvalue weighted by atomic mass is 9.87. The normalized spacial score (nSPS) is 16.8. The summed E-state index contributed by atoms with van der Waals surface area (Å²) >= 11 is 0. The lowest BCUT2D eigenvalue weighted by Crippen LogP contribution is -2.28. The third-order valence-corrected chi connectivity index (χ3v) is 3.78. The first-order valence-corrected chi connectivity index (χ1v) is 7.87. The monoisotopic (exact) mass is 241 g/mol. The Morgan fingerprint density at radius 2 is 1.65 bits per heavy atom. The molecule has 0 fully saturated rings. The maximum Gasteiger partial charge on any atom is 0.00412 e. The van der Waals surface area contributed by atoms with Crippen LogP contribution in [0.1, 0.15) is 79.6 Å². The molecule has 0 aromatic carbocycles. The van der Waals surface area contributed by atoms with Gasteiger partial charge in [-0.2, -0.15) is 0 Å². The van der Waals surface area contributed by atoms with Gasteiger partial charge in [0.05, 0.1) is 0 Å². The van der Waals surface area contributed by atoms with E-state index >= 15 is 0 Å². The zero-order valence-electron chi connectivity index (χ0n) is 12.9. The Labute approximate surface area is 110 Å². The fourth-order valence-corrected chi connectivity index (χ4v) is 2.72. The molecule has 1 nitrogen and oxygen atoms in total. The van der Waals surface area contributed by atoms with E-state index in [-0.39, 0.29) is 0 Å². The third-order valence-electron chi connectivity index (χ3n) is 3.78. The van der Waals surface area contributed by atoms with Crippen LogP contribution in [0.15, 0.2) is 0 Å². The fraction of sp³-hybridized carbons (Fsp3) is 1.00. The Morgan fingerprint density at radius 3 is 2.18 bits per heavy atom. The summed E-state index contributed by atoms with van der Waals surface area (Å²) in [5.41, 5.74) is 0. The minimum absolute atomic E-state index is 0.689. The summed E-state index contributed by atoms with van der Waals surface area (Å²) in [6.07, 6.45) is 9.56. The van der Waals surface area contributed by atoms with Gasteiger partial charge in [-0.1, -0.05) is 53.4 Å². The van der Waals surface area contributed by atoms with Gasteiger partial charge in [0, 0.05) is 6.04 Å². The van der Waals surface area contributed by atoms with Gasteiger partial charge in [-0.3, -0.25) is 0 Å². The average molecular weight is 241 g/mol. The molecule has 0 radical (unpaired) electrons. The molecule has 0 saturated carbocycles. The molecular formula is C16H35N. The second-order valence-corrected chi connectivity index (χ2v) is 5.85. The standard InChI is InChI=1S/C16H35N/c1-6-9-10-16(8-3)13-14(4)12-15(5)17-11-7-2/h14-17H,6-13H2,1-5H3. The first-order chi connectivity index (χ1) is 8.13. The largest absolute Gasteiger partial charge is 0.314 e. The van der Waals surface area contributed by atoms with E-state index in [4.69, 9.17) is 0 Å². The van der Waals surface area contributed by atoms with Crippen LogP contribution in [0.5, 0.6) is 0 Å². The van der Waals surface area contributed by atoms with Crippen molar-refractivity contribution in [2.24, 2.45) is 11.8 Å². The van der Waals surface area contributed by atoms with Crippen LogP contribution in [-0.2, 0) is 0 Å². The highest BCUT2D eigenvalue weighted by Crippen LogP contribution is 2.24. The summed E-state index contributed by atoms with van der Waals surface area (Å²) < 4.78 is 0. The highest BCUT2D eigenvalue weighted by atomic mass is 14.9. The Bertz CT molecular complexity index is 156. The zero-order chi connectivity index (χ0) is 13.1. The number of hydrogen-bond acceptors (Lipinski definition) is 1. The molecular weight excluding hydrogens is 206 g/mol. The summed E-state index contributed by atoms with van der Waals surface area (Å²) in [5.74, 6) is 1.83. The van der Waals surface area contributed by atoms with Crippen LogP contribution >= 0.6 is 0 Å². The van der Waals surface area contributed by atoms with Gasteiger partial charge in [-0.15, -0.1) is 0 Å². The molecule has 1 N–H and O–H groups in total. The van der Waals surface area contributed by atoms with Gasteiger partial charge in [-0.25, -0.2) is 0 Å². The maximum absolute atomic E-state index is 3.60. The number of rotatable bonds is 11. The molecule has 0 saturated heterocycles. The van der Waals surface area contributed by atoms with Gasteiger partial charge < -0.3 is 5.32 Å². The maximum atomic E-state index is 3.60. The van der Waals surface area contributed by atoms with E-state index in [2.05, 4.69) is 39.9 Å². The lowest BCUT2D eigenvalue weighted by molar-refractivity contribution is 0.316. The third kappa shape index (κ3) is 9.64. The first-order valence-electron chi connectivity index (χ1n) is 7.87. The van der Waals surface area contributed by atoms with Crippen molar-refractivity contribution in [1.29, 1.82) is 0 Å². The predicted molar refractivity (Wildman–Crippen MR) is 79.5 cm³/mol. The SMILES string of the molecule is CCCCC(CC)CC(C)CC(C)NCCC. The van der Waals surface area contributed by atoms with E-state index in [0.29, 0.717) is 6.04 Å². The molecule has 3 atom stereocenters. The van der Waals surface area contributed by atoms with Crippen molar-refractivity contribution in [2.45, 2.75) is 85.6 Å². The van der Waals surface area contributed by atoms with Crippen LogP contribution in [0.25, 0.3) is 0 Å². The highest BCUT2D eigenvalue weighted by molar-refractivity contribution is 4.68. The van der Waals surface area contributed by atoms with Crippen LogP contribution in [0, 0.1) is 11.8 Å². The van der Waals surface area contributed by atoms with Crippen LogP contribution in [0.2, 0.25) is 0 Å². The van der Waals surface area contributed by atoms with Gasteiger partial charge in [0.1, 0.15) is 0 Å². The molecule has 104 valence electrons. The van der Waals surface area contributed by atoms with Crippen molar-refractivity contribution in [1.82, 2.24) is 5.32 Å². The number of unbranched alkanes of at least 4 members (excludes halogenated alkanes) is 1. The molecule has 0 spiro atoms. The van der Waals surface area contributed by atoms with Gasteiger partial charge in [0.2, 0.25) is 0 Å². The van der Waals surface area contributed by atoms with Crippen LogP contribution in [0.3, 0.4) is 0 Å². The minimum atomic E-state index is 0.689. The van der Waals surface area contributed by atoms with Gasteiger partial charge in [-0.05, 0) is 44.6 Å². The van der Waals surface area contributed by atoms with Crippen molar-refractivity contribution in [3.63, 3.8) is 0 Å². The summed E-state index contributed by atoms with van der Waals surface area (Å²) in [7, 11) is 0. The second kappa shape index (κ2) is 11.1. The molecule has 0 amide bonds. The number of hydrogen-bond donors (Lipinski definition) is 1. The summed E-state index contributed by atoms with van der Waals surface area (Å²) in [6.45, 7) is 12.8. The second-order valence-electron chi connectivity index (χ2n) is 5.85. The molecule has 0 rings (SSSR count). The molecule has 0 aromatic rings. The van der Waals surface area contributed by atoms with Crippen LogP contribution in [0.4, 0.5) is 0 Å². The van der Waals surface area contributed by atoms with Crippen molar-refractivity contribution in [3.8, 4) is 0 Å². The quantitative estimate of drug-likeness (QED) is 0.536.